The van der Waals surface area contributed by atoms with Crippen molar-refractivity contribution in [2.24, 2.45) is 0 Å². The molecule has 3 rings (SSSR count). The van der Waals surface area contributed by atoms with E-state index in [-0.39, 0.29) is 25.2 Å². The number of carbonyl (C=O) groups excluding carboxylic acids is 1. The Kier molecular flexibility index (Phi) is 5.92. The molecule has 0 aliphatic rings. The van der Waals surface area contributed by atoms with Crippen molar-refractivity contribution >= 4 is 11.7 Å². The lowest BCUT2D eigenvalue weighted by atomic mass is 10.1. The molecular weight excluding hydrogens is 428 g/mol. The van der Waals surface area contributed by atoms with Gasteiger partial charge in [-0.25, -0.2) is 9.50 Å². The molecule has 1 N–H and O–H groups in total. The van der Waals surface area contributed by atoms with Crippen molar-refractivity contribution in [3.63, 3.8) is 0 Å². The molecule has 0 aliphatic heterocycles. The average Bonchev–Trinajstić information content (AvgIpc) is 3.10. The lowest BCUT2D eigenvalue weighted by molar-refractivity contribution is -0.144. The number of aryl methyl sites for hydroxylation is 2. The normalized spacial score (nSPS) is 12.4. The number of amides is 1. The van der Waals surface area contributed by atoms with E-state index >= 15 is 0 Å². The summed E-state index contributed by atoms with van der Waals surface area (Å²) in [5.74, 6) is -1.93. The van der Waals surface area contributed by atoms with Crippen LogP contribution < -0.4 is 5.32 Å². The fourth-order valence-corrected chi connectivity index (χ4v) is 3.08. The molecule has 12 heteroatoms. The van der Waals surface area contributed by atoms with Gasteiger partial charge >= 0.3 is 12.4 Å². The molecule has 1 amide bonds. The lowest BCUT2D eigenvalue weighted by Gasteiger charge is -2.11. The standard InChI is InChI=1S/C19H17F6N5O/c1-10-14(11(2)30-17(27-10)28-16(29-30)19(23,24)25)6-7-15(31)26-9-12-4-3-5-13(8-12)18(20,21)22/h3-5,8H,6-7,9H2,1-2H3,(H,26,31). The Balaban J connectivity index is 1.67. The van der Waals surface area contributed by atoms with Gasteiger partial charge < -0.3 is 5.32 Å². The van der Waals surface area contributed by atoms with E-state index in [2.05, 4.69) is 20.4 Å². The van der Waals surface area contributed by atoms with Gasteiger partial charge in [0.15, 0.2) is 0 Å². The van der Waals surface area contributed by atoms with Crippen molar-refractivity contribution in [1.29, 1.82) is 0 Å². The van der Waals surface area contributed by atoms with E-state index in [0.717, 1.165) is 16.6 Å². The summed E-state index contributed by atoms with van der Waals surface area (Å²) in [7, 11) is 0. The third-order valence-corrected chi connectivity index (χ3v) is 4.65. The SMILES string of the molecule is Cc1nc2nc(C(F)(F)F)nn2c(C)c1CCC(=O)NCc1cccc(C(F)(F)F)c1. The van der Waals surface area contributed by atoms with Crippen LogP contribution >= 0.6 is 0 Å². The van der Waals surface area contributed by atoms with Gasteiger partial charge in [-0.05, 0) is 43.5 Å². The number of hydrogen-bond donors (Lipinski definition) is 1. The van der Waals surface area contributed by atoms with Crippen LogP contribution in [-0.4, -0.2) is 25.5 Å². The van der Waals surface area contributed by atoms with Gasteiger partial charge in [-0.1, -0.05) is 12.1 Å². The molecule has 6 nitrogen and oxygen atoms in total. The van der Waals surface area contributed by atoms with Crippen molar-refractivity contribution in [2.45, 2.75) is 45.6 Å². The molecule has 1 aromatic carbocycles. The molecule has 31 heavy (non-hydrogen) atoms. The molecule has 2 aromatic heterocycles. The number of halogens is 6. The van der Waals surface area contributed by atoms with Crippen LogP contribution in [0.1, 0.15) is 40.3 Å². The summed E-state index contributed by atoms with van der Waals surface area (Å²) < 4.78 is 77.8. The number of hydrogen-bond acceptors (Lipinski definition) is 4. The molecule has 0 saturated heterocycles. The first-order valence-electron chi connectivity index (χ1n) is 9.09. The van der Waals surface area contributed by atoms with E-state index in [9.17, 15) is 31.1 Å². The highest BCUT2D eigenvalue weighted by atomic mass is 19.4. The van der Waals surface area contributed by atoms with Gasteiger partial charge in [0.2, 0.25) is 5.91 Å². The van der Waals surface area contributed by atoms with Crippen LogP contribution in [0.3, 0.4) is 0 Å². The van der Waals surface area contributed by atoms with Gasteiger partial charge in [0, 0.05) is 24.4 Å². The molecule has 2 heterocycles. The highest BCUT2D eigenvalue weighted by Gasteiger charge is 2.37. The third-order valence-electron chi connectivity index (χ3n) is 4.65. The number of nitrogens with one attached hydrogen (secondary N) is 1. The van der Waals surface area contributed by atoms with E-state index in [1.807, 2.05) is 0 Å². The molecule has 0 atom stereocenters. The molecular formula is C19H17F6N5O. The highest BCUT2D eigenvalue weighted by Crippen LogP contribution is 2.29. The second-order valence-electron chi connectivity index (χ2n) is 6.88. The van der Waals surface area contributed by atoms with Crippen LogP contribution in [0.15, 0.2) is 24.3 Å². The summed E-state index contributed by atoms with van der Waals surface area (Å²) >= 11 is 0. The predicted molar refractivity (Wildman–Crippen MR) is 96.9 cm³/mol. The van der Waals surface area contributed by atoms with Crippen LogP contribution in [0.2, 0.25) is 0 Å². The van der Waals surface area contributed by atoms with E-state index in [1.54, 1.807) is 13.8 Å². The van der Waals surface area contributed by atoms with Crippen LogP contribution in [0.5, 0.6) is 0 Å². The first kappa shape index (κ1) is 22.5. The van der Waals surface area contributed by atoms with Crippen molar-refractivity contribution in [2.75, 3.05) is 0 Å². The minimum absolute atomic E-state index is 0.0331. The molecule has 3 aromatic rings. The number of rotatable bonds is 5. The molecule has 0 aliphatic carbocycles. The monoisotopic (exact) mass is 445 g/mol. The largest absolute Gasteiger partial charge is 0.453 e. The number of aromatic nitrogens is 4. The smallest absolute Gasteiger partial charge is 0.352 e. The first-order chi connectivity index (χ1) is 14.4. The quantitative estimate of drug-likeness (QED) is 0.602. The number of fused-ring (bicyclic) bond motifs is 1. The number of nitrogens with zero attached hydrogens (tertiary/aromatic N) is 4. The Morgan fingerprint density at radius 2 is 1.77 bits per heavy atom. The number of carbonyl (C=O) groups is 1. The zero-order valence-electron chi connectivity index (χ0n) is 16.4. The molecule has 0 fully saturated rings. The van der Waals surface area contributed by atoms with Gasteiger partial charge in [0.25, 0.3) is 11.6 Å². The lowest BCUT2D eigenvalue weighted by Crippen LogP contribution is -2.23. The maximum atomic E-state index is 12.8. The number of alkyl halides is 6. The molecule has 0 spiro atoms. The zero-order chi connectivity index (χ0) is 23.0. The summed E-state index contributed by atoms with van der Waals surface area (Å²) in [6.45, 7) is 3.05. The Morgan fingerprint density at radius 1 is 1.06 bits per heavy atom. The Bertz CT molecular complexity index is 1120. The van der Waals surface area contributed by atoms with Gasteiger partial charge in [-0.3, -0.25) is 4.79 Å². The summed E-state index contributed by atoms with van der Waals surface area (Å²) in [4.78, 5) is 19.6. The molecule has 0 bridgehead atoms. The van der Waals surface area contributed by atoms with Crippen molar-refractivity contribution in [3.05, 3.63) is 58.2 Å². The van der Waals surface area contributed by atoms with Crippen LogP contribution in [0.25, 0.3) is 5.78 Å². The second-order valence-corrected chi connectivity index (χ2v) is 6.88. The van der Waals surface area contributed by atoms with Gasteiger partial charge in [-0.15, -0.1) is 5.10 Å². The first-order valence-corrected chi connectivity index (χ1v) is 9.09. The topological polar surface area (TPSA) is 72.2 Å². The second kappa shape index (κ2) is 8.16. The van der Waals surface area contributed by atoms with Gasteiger partial charge in [-0.2, -0.15) is 31.3 Å². The van der Waals surface area contributed by atoms with Crippen LogP contribution in [0.4, 0.5) is 26.3 Å². The molecule has 0 saturated carbocycles. The molecule has 0 radical (unpaired) electrons. The van der Waals surface area contributed by atoms with E-state index in [1.165, 1.54) is 12.1 Å². The summed E-state index contributed by atoms with van der Waals surface area (Å²) in [6, 6.07) is 4.61. The fourth-order valence-electron chi connectivity index (χ4n) is 3.08. The molecule has 166 valence electrons. The maximum Gasteiger partial charge on any atom is 0.453 e. The van der Waals surface area contributed by atoms with Crippen molar-refractivity contribution in [1.82, 2.24) is 24.9 Å². The van der Waals surface area contributed by atoms with E-state index in [0.29, 0.717) is 22.5 Å². The van der Waals surface area contributed by atoms with Gasteiger partial charge in [0.1, 0.15) is 0 Å². The fraction of sp³-hybridized carbons (Fsp3) is 0.368. The minimum atomic E-state index is -4.71. The van der Waals surface area contributed by atoms with E-state index < -0.39 is 29.6 Å². The third kappa shape index (κ3) is 5.12. The molecule has 0 unspecified atom stereocenters. The Hall–Kier alpha value is -3.18. The van der Waals surface area contributed by atoms with Crippen LogP contribution in [0, 0.1) is 13.8 Å². The van der Waals surface area contributed by atoms with Gasteiger partial charge in [0.05, 0.1) is 5.56 Å². The summed E-state index contributed by atoms with van der Waals surface area (Å²) in [5, 5.41) is 5.98. The number of benzene rings is 1. The summed E-state index contributed by atoms with van der Waals surface area (Å²) in [5.41, 5.74) is 0.810. The maximum absolute atomic E-state index is 12.8. The average molecular weight is 445 g/mol. The van der Waals surface area contributed by atoms with Crippen molar-refractivity contribution < 1.29 is 31.1 Å². The highest BCUT2D eigenvalue weighted by molar-refractivity contribution is 5.76. The Labute approximate surface area is 172 Å². The Morgan fingerprint density at radius 3 is 2.42 bits per heavy atom. The minimum Gasteiger partial charge on any atom is -0.352 e. The van der Waals surface area contributed by atoms with Crippen molar-refractivity contribution in [3.8, 4) is 0 Å². The van der Waals surface area contributed by atoms with Crippen LogP contribution in [-0.2, 0) is 30.1 Å². The predicted octanol–water partition coefficient (Wildman–Crippen LogP) is 4.03. The van der Waals surface area contributed by atoms with E-state index in [4.69, 9.17) is 0 Å². The zero-order valence-corrected chi connectivity index (χ0v) is 16.4. The summed E-state index contributed by atoms with van der Waals surface area (Å²) in [6.07, 6.45) is -9.06.